The Kier molecular flexibility index (Phi) is 8.91. The van der Waals surface area contributed by atoms with Gasteiger partial charge in [-0.3, -0.25) is 9.67 Å². The molecular formula is C20H27IN6S. The topological polar surface area (TPSA) is 67.1 Å². The summed E-state index contributed by atoms with van der Waals surface area (Å²) in [5.41, 5.74) is 4.44. The van der Waals surface area contributed by atoms with Crippen LogP contribution in [0.2, 0.25) is 0 Å². The Morgan fingerprint density at radius 2 is 1.96 bits per heavy atom. The van der Waals surface area contributed by atoms with Gasteiger partial charge < -0.3 is 10.6 Å². The number of rotatable bonds is 7. The van der Waals surface area contributed by atoms with E-state index in [1.807, 2.05) is 29.8 Å². The molecule has 0 aliphatic heterocycles. The third kappa shape index (κ3) is 6.30. The Bertz CT molecular complexity index is 887. The summed E-state index contributed by atoms with van der Waals surface area (Å²) < 4.78 is 2.05. The Labute approximate surface area is 187 Å². The molecule has 2 N–H and O–H groups in total. The number of aliphatic imine (C=N–C) groups is 1. The number of benzene rings is 1. The van der Waals surface area contributed by atoms with Crippen LogP contribution in [0.1, 0.15) is 23.5 Å². The van der Waals surface area contributed by atoms with Gasteiger partial charge >= 0.3 is 0 Å². The van der Waals surface area contributed by atoms with E-state index in [-0.39, 0.29) is 24.0 Å². The normalized spacial score (nSPS) is 11.2. The number of nitrogens with zero attached hydrogens (tertiary/aromatic N) is 4. The van der Waals surface area contributed by atoms with Crippen molar-refractivity contribution in [1.29, 1.82) is 0 Å². The fourth-order valence-electron chi connectivity index (χ4n) is 2.83. The molecule has 3 rings (SSSR count). The molecule has 0 unspecified atom stereocenters. The van der Waals surface area contributed by atoms with Gasteiger partial charge in [-0.2, -0.15) is 5.10 Å². The van der Waals surface area contributed by atoms with E-state index in [0.717, 1.165) is 47.4 Å². The number of nitrogens with one attached hydrogen (secondary N) is 2. The monoisotopic (exact) mass is 510 g/mol. The second kappa shape index (κ2) is 11.2. The highest BCUT2D eigenvalue weighted by atomic mass is 127. The molecule has 0 aliphatic carbocycles. The maximum atomic E-state index is 4.70. The van der Waals surface area contributed by atoms with E-state index in [2.05, 4.69) is 51.2 Å². The average Bonchev–Trinajstić information content (AvgIpc) is 3.28. The lowest BCUT2D eigenvalue weighted by molar-refractivity contribution is 0.555. The Balaban J connectivity index is 0.00000280. The highest BCUT2D eigenvalue weighted by molar-refractivity contribution is 14.0. The third-order valence-corrected chi connectivity index (χ3v) is 5.12. The average molecular weight is 510 g/mol. The molecule has 0 atom stereocenters. The van der Waals surface area contributed by atoms with Crippen molar-refractivity contribution in [2.45, 2.75) is 33.4 Å². The van der Waals surface area contributed by atoms with Crippen LogP contribution in [-0.4, -0.2) is 34.3 Å². The number of hydrogen-bond acceptors (Lipinski definition) is 4. The van der Waals surface area contributed by atoms with E-state index in [1.165, 1.54) is 5.69 Å². The lowest BCUT2D eigenvalue weighted by Crippen LogP contribution is -2.37. The predicted octanol–water partition coefficient (Wildman–Crippen LogP) is 4.00. The largest absolute Gasteiger partial charge is 0.356 e. The molecule has 8 heteroatoms. The van der Waals surface area contributed by atoms with Gasteiger partial charge in [0.15, 0.2) is 5.96 Å². The molecule has 2 heterocycles. The van der Waals surface area contributed by atoms with Crippen LogP contribution in [0.5, 0.6) is 0 Å². The number of aryl methyl sites for hydroxylation is 3. The molecule has 28 heavy (non-hydrogen) atoms. The zero-order valence-electron chi connectivity index (χ0n) is 16.5. The molecule has 0 spiro atoms. The van der Waals surface area contributed by atoms with Crippen molar-refractivity contribution in [2.24, 2.45) is 4.99 Å². The fourth-order valence-corrected chi connectivity index (χ4v) is 3.66. The van der Waals surface area contributed by atoms with Gasteiger partial charge in [0.2, 0.25) is 0 Å². The van der Waals surface area contributed by atoms with Crippen LogP contribution in [0, 0.1) is 13.8 Å². The van der Waals surface area contributed by atoms with E-state index >= 15 is 0 Å². The molecule has 0 amide bonds. The number of guanidine groups is 1. The smallest absolute Gasteiger partial charge is 0.191 e. The maximum Gasteiger partial charge on any atom is 0.191 e. The minimum absolute atomic E-state index is 0. The van der Waals surface area contributed by atoms with E-state index < -0.39 is 0 Å². The van der Waals surface area contributed by atoms with Crippen molar-refractivity contribution in [3.05, 3.63) is 58.9 Å². The highest BCUT2D eigenvalue weighted by Crippen LogP contribution is 2.23. The van der Waals surface area contributed by atoms with Crippen molar-refractivity contribution in [3.8, 4) is 10.6 Å². The summed E-state index contributed by atoms with van der Waals surface area (Å²) in [5.74, 6) is 0.789. The molecule has 3 aromatic rings. The Morgan fingerprint density at radius 1 is 1.18 bits per heavy atom. The first-order valence-corrected chi connectivity index (χ1v) is 9.99. The highest BCUT2D eigenvalue weighted by Gasteiger charge is 2.05. The van der Waals surface area contributed by atoms with Gasteiger partial charge in [-0.25, -0.2) is 4.98 Å². The summed E-state index contributed by atoms with van der Waals surface area (Å²) in [6.45, 7) is 6.50. The van der Waals surface area contributed by atoms with Crippen LogP contribution in [0.3, 0.4) is 0 Å². The van der Waals surface area contributed by atoms with Gasteiger partial charge in [-0.1, -0.05) is 30.3 Å². The van der Waals surface area contributed by atoms with E-state index in [9.17, 15) is 0 Å². The second-order valence-electron chi connectivity index (χ2n) is 6.37. The first-order chi connectivity index (χ1) is 13.2. The van der Waals surface area contributed by atoms with Crippen LogP contribution >= 0.6 is 35.3 Å². The lowest BCUT2D eigenvalue weighted by Gasteiger charge is -2.11. The van der Waals surface area contributed by atoms with Crippen molar-refractivity contribution in [3.63, 3.8) is 0 Å². The van der Waals surface area contributed by atoms with Gasteiger partial charge in [0.1, 0.15) is 5.01 Å². The molecule has 0 aliphatic rings. The minimum Gasteiger partial charge on any atom is -0.356 e. The fraction of sp³-hybridized carbons (Fsp3) is 0.350. The van der Waals surface area contributed by atoms with Gasteiger partial charge in [-0.05, 0) is 26.3 Å². The van der Waals surface area contributed by atoms with Crippen molar-refractivity contribution in [1.82, 2.24) is 25.4 Å². The number of aromatic nitrogens is 3. The van der Waals surface area contributed by atoms with Crippen LogP contribution in [0.25, 0.3) is 10.6 Å². The molecular weight excluding hydrogens is 483 g/mol. The standard InChI is InChI=1S/C20H26N6S.HI/c1-15-12-16(2)26(25-15)11-7-10-22-20(21-3)23-13-18-14-27-19(24-18)17-8-5-4-6-9-17;/h4-6,8-9,12,14H,7,10-11,13H2,1-3H3,(H2,21,22,23);1H. The van der Waals surface area contributed by atoms with E-state index in [4.69, 9.17) is 4.98 Å². The predicted molar refractivity (Wildman–Crippen MR) is 127 cm³/mol. The quantitative estimate of drug-likeness (QED) is 0.218. The minimum atomic E-state index is 0. The number of hydrogen-bond donors (Lipinski definition) is 2. The third-order valence-electron chi connectivity index (χ3n) is 4.18. The zero-order valence-corrected chi connectivity index (χ0v) is 19.6. The Morgan fingerprint density at radius 3 is 2.64 bits per heavy atom. The summed E-state index contributed by atoms with van der Waals surface area (Å²) in [7, 11) is 1.78. The zero-order chi connectivity index (χ0) is 19.1. The van der Waals surface area contributed by atoms with E-state index in [0.29, 0.717) is 6.54 Å². The Hall–Kier alpha value is -1.94. The summed E-state index contributed by atoms with van der Waals surface area (Å²) in [6, 6.07) is 12.4. The number of thiazole rings is 1. The molecule has 0 fully saturated rings. The van der Waals surface area contributed by atoms with Crippen molar-refractivity contribution < 1.29 is 0 Å². The van der Waals surface area contributed by atoms with Gasteiger partial charge in [-0.15, -0.1) is 35.3 Å². The second-order valence-corrected chi connectivity index (χ2v) is 7.22. The van der Waals surface area contributed by atoms with Gasteiger partial charge in [0, 0.05) is 36.8 Å². The molecule has 0 radical (unpaired) electrons. The van der Waals surface area contributed by atoms with Crippen LogP contribution in [0.15, 0.2) is 46.8 Å². The SMILES string of the molecule is CN=C(NCCCn1nc(C)cc1C)NCc1csc(-c2ccccc2)n1.I. The first-order valence-electron chi connectivity index (χ1n) is 9.11. The molecule has 0 bridgehead atoms. The molecule has 0 saturated carbocycles. The van der Waals surface area contributed by atoms with Crippen LogP contribution in [-0.2, 0) is 13.1 Å². The molecule has 0 saturated heterocycles. The summed E-state index contributed by atoms with van der Waals surface area (Å²) in [4.78, 5) is 8.98. The first kappa shape index (κ1) is 22.4. The molecule has 2 aromatic heterocycles. The number of halogens is 1. The molecule has 6 nitrogen and oxygen atoms in total. The van der Waals surface area contributed by atoms with Gasteiger partial charge in [0.05, 0.1) is 17.9 Å². The molecule has 1 aromatic carbocycles. The van der Waals surface area contributed by atoms with Crippen molar-refractivity contribution >= 4 is 41.3 Å². The summed E-state index contributed by atoms with van der Waals surface area (Å²) >= 11 is 1.66. The van der Waals surface area contributed by atoms with Crippen LogP contribution < -0.4 is 10.6 Å². The van der Waals surface area contributed by atoms with Gasteiger partial charge in [0.25, 0.3) is 0 Å². The maximum absolute atomic E-state index is 4.70. The summed E-state index contributed by atoms with van der Waals surface area (Å²) in [5, 5.41) is 14.3. The van der Waals surface area contributed by atoms with Crippen molar-refractivity contribution in [2.75, 3.05) is 13.6 Å². The lowest BCUT2D eigenvalue weighted by atomic mass is 10.2. The molecule has 150 valence electrons. The van der Waals surface area contributed by atoms with Crippen LogP contribution in [0.4, 0.5) is 0 Å². The summed E-state index contributed by atoms with van der Waals surface area (Å²) in [6.07, 6.45) is 0.984. The van der Waals surface area contributed by atoms with E-state index in [1.54, 1.807) is 18.4 Å².